The molecule has 4 aromatic rings. The van der Waals surface area contributed by atoms with Gasteiger partial charge >= 0.3 is 0 Å². The minimum atomic E-state index is 0.348. The van der Waals surface area contributed by atoms with Crippen molar-refractivity contribution < 1.29 is 4.74 Å². The molecule has 0 aliphatic rings. The number of imidazole rings is 1. The number of anilines is 1. The van der Waals surface area contributed by atoms with Crippen LogP contribution in [0.2, 0.25) is 0 Å². The van der Waals surface area contributed by atoms with E-state index < -0.39 is 0 Å². The van der Waals surface area contributed by atoms with Crippen LogP contribution in [0, 0.1) is 6.92 Å². The molecule has 134 valence electrons. The Hall–Kier alpha value is -3.67. The fourth-order valence-electron chi connectivity index (χ4n) is 2.97. The molecule has 0 atom stereocenters. The summed E-state index contributed by atoms with van der Waals surface area (Å²) in [5, 5.41) is 0. The van der Waals surface area contributed by atoms with Gasteiger partial charge in [0.25, 0.3) is 0 Å². The maximum absolute atomic E-state index is 5.87. The van der Waals surface area contributed by atoms with Gasteiger partial charge in [0.15, 0.2) is 11.6 Å². The minimum absolute atomic E-state index is 0.348. The van der Waals surface area contributed by atoms with Crippen molar-refractivity contribution in [3.05, 3.63) is 66.6 Å². The highest BCUT2D eigenvalue weighted by Gasteiger charge is 2.17. The molecule has 0 amide bonds. The summed E-state index contributed by atoms with van der Waals surface area (Å²) < 4.78 is 5.33. The molecule has 0 radical (unpaired) electrons. The largest absolute Gasteiger partial charge is 0.493 e. The van der Waals surface area contributed by atoms with Gasteiger partial charge in [-0.25, -0.2) is 9.97 Å². The SMILES string of the molecule is COc1cc(-c2nc(-c3ccccc3)[nH]c2-c2ccnc(C)c2)cnc1N. The second kappa shape index (κ2) is 6.92. The van der Waals surface area contributed by atoms with Gasteiger partial charge in [-0.2, -0.15) is 0 Å². The van der Waals surface area contributed by atoms with E-state index in [0.29, 0.717) is 11.6 Å². The van der Waals surface area contributed by atoms with E-state index in [1.807, 2.05) is 55.5 Å². The summed E-state index contributed by atoms with van der Waals surface area (Å²) in [5.74, 6) is 1.65. The number of hydrogen-bond donors (Lipinski definition) is 2. The van der Waals surface area contributed by atoms with Crippen LogP contribution in [0.5, 0.6) is 5.75 Å². The van der Waals surface area contributed by atoms with Crippen molar-refractivity contribution in [2.75, 3.05) is 12.8 Å². The van der Waals surface area contributed by atoms with Crippen LogP contribution < -0.4 is 10.5 Å². The molecular weight excluding hydrogens is 338 g/mol. The van der Waals surface area contributed by atoms with Gasteiger partial charge in [-0.1, -0.05) is 30.3 Å². The molecule has 0 saturated heterocycles. The predicted octanol–water partition coefficient (Wildman–Crippen LogP) is 4.10. The third-order valence-corrected chi connectivity index (χ3v) is 4.31. The van der Waals surface area contributed by atoms with Crippen LogP contribution in [0.25, 0.3) is 33.9 Å². The quantitative estimate of drug-likeness (QED) is 0.574. The number of hydrogen-bond acceptors (Lipinski definition) is 5. The van der Waals surface area contributed by atoms with Gasteiger partial charge in [-0.3, -0.25) is 4.98 Å². The average Bonchev–Trinajstić information content (AvgIpc) is 3.14. The van der Waals surface area contributed by atoms with Crippen molar-refractivity contribution in [2.24, 2.45) is 0 Å². The summed E-state index contributed by atoms with van der Waals surface area (Å²) in [5.41, 5.74) is 11.3. The molecule has 0 saturated carbocycles. The highest BCUT2D eigenvalue weighted by atomic mass is 16.5. The number of nitrogen functional groups attached to an aromatic ring is 1. The number of H-pyrrole nitrogens is 1. The van der Waals surface area contributed by atoms with Crippen LogP contribution in [0.1, 0.15) is 5.69 Å². The second-order valence-electron chi connectivity index (χ2n) is 6.17. The first-order valence-corrected chi connectivity index (χ1v) is 8.54. The molecule has 6 heteroatoms. The van der Waals surface area contributed by atoms with Gasteiger partial charge in [0.2, 0.25) is 0 Å². The zero-order valence-electron chi connectivity index (χ0n) is 15.1. The number of nitrogens with two attached hydrogens (primary N) is 1. The Kier molecular flexibility index (Phi) is 4.30. The van der Waals surface area contributed by atoms with E-state index >= 15 is 0 Å². The van der Waals surface area contributed by atoms with Crippen LogP contribution in [-0.2, 0) is 0 Å². The Balaban J connectivity index is 1.92. The van der Waals surface area contributed by atoms with Crippen molar-refractivity contribution in [3.8, 4) is 39.7 Å². The molecule has 0 bridgehead atoms. The molecule has 6 nitrogen and oxygen atoms in total. The highest BCUT2D eigenvalue weighted by Crippen LogP contribution is 2.35. The Morgan fingerprint density at radius 2 is 1.78 bits per heavy atom. The Bertz CT molecular complexity index is 1090. The first-order chi connectivity index (χ1) is 13.2. The summed E-state index contributed by atoms with van der Waals surface area (Å²) in [6.45, 7) is 1.96. The van der Waals surface area contributed by atoms with E-state index in [0.717, 1.165) is 39.6 Å². The van der Waals surface area contributed by atoms with Crippen molar-refractivity contribution in [2.45, 2.75) is 6.92 Å². The molecule has 3 N–H and O–H groups in total. The molecule has 1 aromatic carbocycles. The number of methoxy groups -OCH3 is 1. The smallest absolute Gasteiger partial charge is 0.166 e. The Morgan fingerprint density at radius 3 is 2.52 bits per heavy atom. The summed E-state index contributed by atoms with van der Waals surface area (Å²) >= 11 is 0. The van der Waals surface area contributed by atoms with Gasteiger partial charge in [-0.05, 0) is 25.1 Å². The number of aromatic amines is 1. The van der Waals surface area contributed by atoms with Crippen molar-refractivity contribution in [3.63, 3.8) is 0 Å². The number of pyridine rings is 2. The topological polar surface area (TPSA) is 89.7 Å². The van der Waals surface area contributed by atoms with Crippen molar-refractivity contribution in [1.29, 1.82) is 0 Å². The van der Waals surface area contributed by atoms with Gasteiger partial charge < -0.3 is 15.5 Å². The number of rotatable bonds is 4. The van der Waals surface area contributed by atoms with E-state index in [1.165, 1.54) is 0 Å². The first-order valence-electron chi connectivity index (χ1n) is 8.54. The van der Waals surface area contributed by atoms with Gasteiger partial charge in [-0.15, -0.1) is 0 Å². The van der Waals surface area contributed by atoms with Gasteiger partial charge in [0.05, 0.1) is 18.5 Å². The standard InChI is InChI=1S/C21H19N5O/c1-13-10-15(8-9-23-13)18-19(16-11-17(27-2)20(22)24-12-16)26-21(25-18)14-6-4-3-5-7-14/h3-12H,1-2H3,(H2,22,24)(H,25,26). The fraction of sp³-hybridized carbons (Fsp3) is 0.0952. The summed E-state index contributed by atoms with van der Waals surface area (Å²) in [7, 11) is 1.57. The monoisotopic (exact) mass is 357 g/mol. The van der Waals surface area contributed by atoms with Gasteiger partial charge in [0.1, 0.15) is 5.82 Å². The average molecular weight is 357 g/mol. The highest BCUT2D eigenvalue weighted by molar-refractivity contribution is 5.82. The summed E-state index contributed by atoms with van der Waals surface area (Å²) in [4.78, 5) is 16.8. The van der Waals surface area contributed by atoms with E-state index in [-0.39, 0.29) is 0 Å². The molecular formula is C21H19N5O. The lowest BCUT2D eigenvalue weighted by atomic mass is 10.1. The lowest BCUT2D eigenvalue weighted by Crippen LogP contribution is -1.96. The van der Waals surface area contributed by atoms with Gasteiger partial charge in [0, 0.05) is 34.8 Å². The zero-order valence-corrected chi connectivity index (χ0v) is 15.1. The van der Waals surface area contributed by atoms with E-state index in [4.69, 9.17) is 15.5 Å². The Labute approximate surface area is 157 Å². The van der Waals surface area contributed by atoms with Crippen LogP contribution >= 0.6 is 0 Å². The number of nitrogens with one attached hydrogen (secondary N) is 1. The number of nitrogens with zero attached hydrogens (tertiary/aromatic N) is 3. The summed E-state index contributed by atoms with van der Waals surface area (Å²) in [6.07, 6.45) is 3.50. The maximum Gasteiger partial charge on any atom is 0.166 e. The third-order valence-electron chi connectivity index (χ3n) is 4.31. The zero-order chi connectivity index (χ0) is 18.8. The van der Waals surface area contributed by atoms with Crippen LogP contribution in [0.15, 0.2) is 60.9 Å². The number of ether oxygens (including phenoxy) is 1. The molecule has 0 aliphatic carbocycles. The lowest BCUT2D eigenvalue weighted by molar-refractivity contribution is 0.415. The van der Waals surface area contributed by atoms with Crippen LogP contribution in [0.4, 0.5) is 5.82 Å². The van der Waals surface area contributed by atoms with E-state index in [2.05, 4.69) is 15.0 Å². The molecule has 3 heterocycles. The maximum atomic E-state index is 5.87. The molecule has 3 aromatic heterocycles. The predicted molar refractivity (Wildman–Crippen MR) is 106 cm³/mol. The number of benzene rings is 1. The molecule has 0 aliphatic heterocycles. The van der Waals surface area contributed by atoms with Crippen molar-refractivity contribution >= 4 is 5.82 Å². The fourth-order valence-corrected chi connectivity index (χ4v) is 2.97. The van der Waals surface area contributed by atoms with E-state index in [9.17, 15) is 0 Å². The lowest BCUT2D eigenvalue weighted by Gasteiger charge is -2.07. The molecule has 0 spiro atoms. The Morgan fingerprint density at radius 1 is 0.963 bits per heavy atom. The molecule has 27 heavy (non-hydrogen) atoms. The molecule has 0 unspecified atom stereocenters. The number of aromatic nitrogens is 4. The minimum Gasteiger partial charge on any atom is -0.493 e. The van der Waals surface area contributed by atoms with E-state index in [1.54, 1.807) is 19.5 Å². The molecule has 0 fully saturated rings. The third kappa shape index (κ3) is 3.25. The second-order valence-corrected chi connectivity index (χ2v) is 6.17. The van der Waals surface area contributed by atoms with Crippen LogP contribution in [-0.4, -0.2) is 27.0 Å². The molecule has 4 rings (SSSR count). The normalized spacial score (nSPS) is 10.7. The van der Waals surface area contributed by atoms with Crippen molar-refractivity contribution in [1.82, 2.24) is 19.9 Å². The first kappa shape index (κ1) is 16.8. The van der Waals surface area contributed by atoms with Crippen LogP contribution in [0.3, 0.4) is 0 Å². The number of aryl methyl sites for hydroxylation is 1. The summed E-state index contributed by atoms with van der Waals surface area (Å²) in [6, 6.07) is 15.8.